The van der Waals surface area contributed by atoms with Crippen molar-refractivity contribution in [3.8, 4) is 22.9 Å². The van der Waals surface area contributed by atoms with E-state index in [9.17, 15) is 4.79 Å². The minimum atomic E-state index is -0.164. The molecule has 0 aliphatic rings. The maximum Gasteiger partial charge on any atom is 0.258 e. The molecule has 0 aliphatic carbocycles. The zero-order valence-corrected chi connectivity index (χ0v) is 15.1. The Bertz CT molecular complexity index is 927. The second-order valence-electron chi connectivity index (χ2n) is 6.20. The summed E-state index contributed by atoms with van der Waals surface area (Å²) in [5, 5.41) is 11.8. The Hall–Kier alpha value is -3.58. The number of rotatable bonds is 6. The van der Waals surface area contributed by atoms with E-state index in [0.29, 0.717) is 11.3 Å². The fourth-order valence-corrected chi connectivity index (χ4v) is 2.74. The van der Waals surface area contributed by atoms with Gasteiger partial charge in [0, 0.05) is 0 Å². The molecule has 27 heavy (non-hydrogen) atoms. The molecule has 0 heterocycles. The standard InChI is InChI=1S/C23H20N2O2/c1-17(19-5-3-2-4-6-19)25-23(26)16-27-22-13-11-21(12-14-22)20-9-7-18(15-24)8-10-20/h2-14,17H,16H2,1H3,(H,25,26)/t17-/m1/s1. The van der Waals surface area contributed by atoms with Crippen molar-refractivity contribution in [3.05, 3.63) is 90.0 Å². The molecule has 3 rings (SSSR count). The molecular weight excluding hydrogens is 336 g/mol. The Morgan fingerprint density at radius 3 is 2.15 bits per heavy atom. The smallest absolute Gasteiger partial charge is 0.258 e. The average Bonchev–Trinajstić information content (AvgIpc) is 2.73. The van der Waals surface area contributed by atoms with Crippen molar-refractivity contribution in [3.63, 3.8) is 0 Å². The van der Waals surface area contributed by atoms with Crippen LogP contribution in [0.5, 0.6) is 5.75 Å². The van der Waals surface area contributed by atoms with Gasteiger partial charge in [-0.05, 0) is 47.9 Å². The van der Waals surface area contributed by atoms with Gasteiger partial charge in [0.1, 0.15) is 5.75 Å². The van der Waals surface area contributed by atoms with E-state index in [0.717, 1.165) is 16.7 Å². The predicted molar refractivity (Wildman–Crippen MR) is 105 cm³/mol. The van der Waals surface area contributed by atoms with Gasteiger partial charge >= 0.3 is 0 Å². The molecule has 0 bridgehead atoms. The van der Waals surface area contributed by atoms with Crippen molar-refractivity contribution in [2.24, 2.45) is 0 Å². The predicted octanol–water partition coefficient (Wildman–Crippen LogP) is 4.48. The van der Waals surface area contributed by atoms with Crippen LogP contribution < -0.4 is 10.1 Å². The van der Waals surface area contributed by atoms with Gasteiger partial charge < -0.3 is 10.1 Å². The number of nitrogens with one attached hydrogen (secondary N) is 1. The number of nitrogens with zero attached hydrogens (tertiary/aromatic N) is 1. The minimum absolute atomic E-state index is 0.0343. The quantitative estimate of drug-likeness (QED) is 0.708. The van der Waals surface area contributed by atoms with Crippen molar-refractivity contribution in [1.29, 1.82) is 5.26 Å². The zero-order chi connectivity index (χ0) is 19.1. The molecule has 0 fully saturated rings. The molecule has 0 aliphatic heterocycles. The number of carbonyl (C=O) groups excluding carboxylic acids is 1. The molecule has 4 nitrogen and oxygen atoms in total. The highest BCUT2D eigenvalue weighted by atomic mass is 16.5. The third-order valence-corrected chi connectivity index (χ3v) is 4.25. The van der Waals surface area contributed by atoms with Crippen LogP contribution in [-0.2, 0) is 4.79 Å². The summed E-state index contributed by atoms with van der Waals surface area (Å²) >= 11 is 0. The summed E-state index contributed by atoms with van der Waals surface area (Å²) in [5.74, 6) is 0.470. The SMILES string of the molecule is C[C@@H](NC(=O)COc1ccc(-c2ccc(C#N)cc2)cc1)c1ccccc1. The monoisotopic (exact) mass is 356 g/mol. The van der Waals surface area contributed by atoms with Crippen molar-refractivity contribution in [1.82, 2.24) is 5.32 Å². The lowest BCUT2D eigenvalue weighted by molar-refractivity contribution is -0.123. The number of nitriles is 1. The molecule has 1 N–H and O–H groups in total. The first-order valence-electron chi connectivity index (χ1n) is 8.73. The lowest BCUT2D eigenvalue weighted by Gasteiger charge is -2.14. The van der Waals surface area contributed by atoms with Crippen molar-refractivity contribution < 1.29 is 9.53 Å². The van der Waals surface area contributed by atoms with E-state index in [1.165, 1.54) is 0 Å². The summed E-state index contributed by atoms with van der Waals surface area (Å²) in [5.41, 5.74) is 3.73. The van der Waals surface area contributed by atoms with Gasteiger partial charge in [0.2, 0.25) is 0 Å². The zero-order valence-electron chi connectivity index (χ0n) is 15.1. The molecule has 134 valence electrons. The summed E-state index contributed by atoms with van der Waals surface area (Å²) in [6, 6.07) is 26.8. The number of benzene rings is 3. The molecule has 0 saturated heterocycles. The van der Waals surface area contributed by atoms with Gasteiger partial charge in [-0.3, -0.25) is 4.79 Å². The topological polar surface area (TPSA) is 62.1 Å². The van der Waals surface area contributed by atoms with Crippen LogP contribution in [0.15, 0.2) is 78.9 Å². The van der Waals surface area contributed by atoms with Gasteiger partial charge in [-0.15, -0.1) is 0 Å². The highest BCUT2D eigenvalue weighted by Gasteiger charge is 2.09. The molecular formula is C23H20N2O2. The second-order valence-corrected chi connectivity index (χ2v) is 6.20. The summed E-state index contributed by atoms with van der Waals surface area (Å²) in [7, 11) is 0. The van der Waals surface area contributed by atoms with Crippen molar-refractivity contribution >= 4 is 5.91 Å². The van der Waals surface area contributed by atoms with E-state index in [1.54, 1.807) is 12.1 Å². The molecule has 4 heteroatoms. The molecule has 0 aromatic heterocycles. The first-order valence-corrected chi connectivity index (χ1v) is 8.73. The van der Waals surface area contributed by atoms with Crippen LogP contribution in [0.25, 0.3) is 11.1 Å². The second kappa shape index (κ2) is 8.68. The molecule has 3 aromatic carbocycles. The molecule has 1 atom stereocenters. The van der Waals surface area contributed by atoms with Crippen LogP contribution >= 0.6 is 0 Å². The molecule has 0 spiro atoms. The third kappa shape index (κ3) is 4.96. The van der Waals surface area contributed by atoms with Gasteiger partial charge in [0.05, 0.1) is 17.7 Å². The van der Waals surface area contributed by atoms with Crippen LogP contribution in [0, 0.1) is 11.3 Å². The summed E-state index contributed by atoms with van der Waals surface area (Å²) in [6.07, 6.45) is 0. The van der Waals surface area contributed by atoms with E-state index < -0.39 is 0 Å². The largest absolute Gasteiger partial charge is 0.484 e. The number of hydrogen-bond acceptors (Lipinski definition) is 3. The highest BCUT2D eigenvalue weighted by Crippen LogP contribution is 2.22. The highest BCUT2D eigenvalue weighted by molar-refractivity contribution is 5.78. The van der Waals surface area contributed by atoms with Crippen LogP contribution in [-0.4, -0.2) is 12.5 Å². The summed E-state index contributed by atoms with van der Waals surface area (Å²) < 4.78 is 5.58. The van der Waals surface area contributed by atoms with Gasteiger partial charge in [-0.2, -0.15) is 5.26 Å². The fourth-order valence-electron chi connectivity index (χ4n) is 2.74. The molecule has 0 radical (unpaired) electrons. The summed E-state index contributed by atoms with van der Waals surface area (Å²) in [4.78, 5) is 12.1. The normalized spacial score (nSPS) is 11.3. The van der Waals surface area contributed by atoms with Gasteiger partial charge in [0.15, 0.2) is 6.61 Å². The Kier molecular flexibility index (Phi) is 5.86. The lowest BCUT2D eigenvalue weighted by atomic mass is 10.0. The van der Waals surface area contributed by atoms with Crippen LogP contribution in [0.3, 0.4) is 0 Å². The Balaban J connectivity index is 1.53. The number of amides is 1. The van der Waals surface area contributed by atoms with E-state index in [2.05, 4.69) is 11.4 Å². The maximum atomic E-state index is 12.1. The van der Waals surface area contributed by atoms with Crippen LogP contribution in [0.1, 0.15) is 24.1 Å². The van der Waals surface area contributed by atoms with Gasteiger partial charge in [-0.25, -0.2) is 0 Å². The van der Waals surface area contributed by atoms with E-state index in [-0.39, 0.29) is 18.6 Å². The van der Waals surface area contributed by atoms with E-state index in [1.807, 2.05) is 73.7 Å². The maximum absolute atomic E-state index is 12.1. The Morgan fingerprint density at radius 2 is 1.56 bits per heavy atom. The van der Waals surface area contributed by atoms with Crippen molar-refractivity contribution in [2.45, 2.75) is 13.0 Å². The first kappa shape index (κ1) is 18.2. The number of ether oxygens (including phenoxy) is 1. The van der Waals surface area contributed by atoms with Gasteiger partial charge in [-0.1, -0.05) is 54.6 Å². The molecule has 3 aromatic rings. The summed E-state index contributed by atoms with van der Waals surface area (Å²) in [6.45, 7) is 1.91. The van der Waals surface area contributed by atoms with Crippen LogP contribution in [0.4, 0.5) is 0 Å². The number of hydrogen-bond donors (Lipinski definition) is 1. The van der Waals surface area contributed by atoms with Crippen molar-refractivity contribution in [2.75, 3.05) is 6.61 Å². The van der Waals surface area contributed by atoms with Gasteiger partial charge in [0.25, 0.3) is 5.91 Å². The number of carbonyl (C=O) groups is 1. The average molecular weight is 356 g/mol. The fraction of sp³-hybridized carbons (Fsp3) is 0.130. The molecule has 0 unspecified atom stereocenters. The minimum Gasteiger partial charge on any atom is -0.484 e. The van der Waals surface area contributed by atoms with E-state index >= 15 is 0 Å². The Labute approximate surface area is 159 Å². The molecule has 0 saturated carbocycles. The third-order valence-electron chi connectivity index (χ3n) is 4.25. The molecule has 1 amide bonds. The lowest BCUT2D eigenvalue weighted by Crippen LogP contribution is -2.31. The van der Waals surface area contributed by atoms with E-state index in [4.69, 9.17) is 10.00 Å². The first-order chi connectivity index (χ1) is 13.2. The van der Waals surface area contributed by atoms with Crippen LogP contribution in [0.2, 0.25) is 0 Å². The Morgan fingerprint density at radius 1 is 0.963 bits per heavy atom.